The molecule has 1 aromatic carbocycles. The Morgan fingerprint density at radius 1 is 1.33 bits per heavy atom. The Morgan fingerprint density at radius 3 is 2.83 bits per heavy atom. The maximum atomic E-state index is 12.3. The molecular formula is C16H23ClN2O4S. The number of carbonyl (C=O) groups is 1. The fourth-order valence-corrected chi connectivity index (χ4v) is 4.42. The van der Waals surface area contributed by atoms with Crippen molar-refractivity contribution in [1.29, 1.82) is 0 Å². The largest absolute Gasteiger partial charge is 0.385 e. The van der Waals surface area contributed by atoms with Gasteiger partial charge in [0.25, 0.3) is 5.91 Å². The second-order valence-corrected chi connectivity index (χ2v) is 8.14. The Morgan fingerprint density at radius 2 is 2.12 bits per heavy atom. The number of rotatable bonds is 7. The summed E-state index contributed by atoms with van der Waals surface area (Å²) in [6.07, 6.45) is 3.14. The number of nitrogens with one attached hydrogen (secondary N) is 1. The van der Waals surface area contributed by atoms with Gasteiger partial charge in [0, 0.05) is 26.8 Å². The van der Waals surface area contributed by atoms with Gasteiger partial charge in [-0.2, -0.15) is 0 Å². The zero-order chi connectivity index (χ0) is 17.6. The molecule has 0 radical (unpaired) electrons. The molecule has 24 heavy (non-hydrogen) atoms. The minimum absolute atomic E-state index is 0.136. The minimum Gasteiger partial charge on any atom is -0.385 e. The Bertz CT molecular complexity index is 679. The third-order valence-electron chi connectivity index (χ3n) is 3.89. The fourth-order valence-electron chi connectivity index (χ4n) is 2.59. The quantitative estimate of drug-likeness (QED) is 0.744. The van der Waals surface area contributed by atoms with Crippen LogP contribution in [0.15, 0.2) is 18.2 Å². The number of carbonyl (C=O) groups excluding carboxylic acids is 1. The highest BCUT2D eigenvalue weighted by molar-refractivity contribution is 7.92. The first-order chi connectivity index (χ1) is 11.5. The van der Waals surface area contributed by atoms with Gasteiger partial charge >= 0.3 is 0 Å². The molecule has 1 amide bonds. The number of methoxy groups -OCH3 is 1. The smallest absolute Gasteiger partial charge is 0.252 e. The number of sulfonamides is 1. The van der Waals surface area contributed by atoms with Crippen molar-refractivity contribution < 1.29 is 17.9 Å². The second-order valence-electron chi connectivity index (χ2n) is 5.72. The molecule has 2 rings (SSSR count). The van der Waals surface area contributed by atoms with Gasteiger partial charge in [0.15, 0.2) is 0 Å². The highest BCUT2D eigenvalue weighted by Gasteiger charge is 2.27. The van der Waals surface area contributed by atoms with Crippen LogP contribution in [-0.2, 0) is 14.8 Å². The number of nitrogens with zero attached hydrogens (tertiary/aromatic N) is 1. The number of hydrogen-bond acceptors (Lipinski definition) is 4. The van der Waals surface area contributed by atoms with Crippen LogP contribution in [0.5, 0.6) is 0 Å². The van der Waals surface area contributed by atoms with E-state index in [1.807, 2.05) is 0 Å². The van der Waals surface area contributed by atoms with E-state index in [4.69, 9.17) is 16.3 Å². The van der Waals surface area contributed by atoms with Crippen LogP contribution in [0.2, 0.25) is 5.02 Å². The Hall–Kier alpha value is -1.31. The summed E-state index contributed by atoms with van der Waals surface area (Å²) in [7, 11) is -1.68. The predicted molar refractivity (Wildman–Crippen MR) is 95.3 cm³/mol. The van der Waals surface area contributed by atoms with Gasteiger partial charge < -0.3 is 10.1 Å². The number of ether oxygens (including phenoxy) is 1. The van der Waals surface area contributed by atoms with E-state index in [1.54, 1.807) is 25.3 Å². The van der Waals surface area contributed by atoms with Crippen molar-refractivity contribution in [2.75, 3.05) is 36.9 Å². The van der Waals surface area contributed by atoms with Crippen LogP contribution in [0.3, 0.4) is 0 Å². The summed E-state index contributed by atoms with van der Waals surface area (Å²) in [6.45, 7) is 1.60. The average Bonchev–Trinajstić information content (AvgIpc) is 2.55. The lowest BCUT2D eigenvalue weighted by Gasteiger charge is -2.28. The first-order valence-corrected chi connectivity index (χ1v) is 10.0. The maximum absolute atomic E-state index is 12.3. The van der Waals surface area contributed by atoms with Gasteiger partial charge in [-0.25, -0.2) is 8.42 Å². The van der Waals surface area contributed by atoms with Crippen LogP contribution in [0.25, 0.3) is 0 Å². The number of hydrogen-bond donors (Lipinski definition) is 1. The third kappa shape index (κ3) is 4.84. The Balaban J connectivity index is 2.09. The fraction of sp³-hybridized carbons (Fsp3) is 0.562. The normalized spacial score (nSPS) is 16.8. The van der Waals surface area contributed by atoms with Crippen LogP contribution >= 0.6 is 11.6 Å². The lowest BCUT2D eigenvalue weighted by molar-refractivity contribution is 0.0951. The average molecular weight is 375 g/mol. The van der Waals surface area contributed by atoms with Crippen molar-refractivity contribution in [3.63, 3.8) is 0 Å². The third-order valence-corrected chi connectivity index (χ3v) is 6.09. The van der Waals surface area contributed by atoms with E-state index in [0.717, 1.165) is 19.3 Å². The van der Waals surface area contributed by atoms with E-state index in [0.29, 0.717) is 42.4 Å². The summed E-state index contributed by atoms with van der Waals surface area (Å²) in [6, 6.07) is 4.76. The molecule has 0 atom stereocenters. The van der Waals surface area contributed by atoms with E-state index in [9.17, 15) is 13.2 Å². The predicted octanol–water partition coefficient (Wildman–Crippen LogP) is 2.43. The summed E-state index contributed by atoms with van der Waals surface area (Å²) < 4.78 is 30.7. The van der Waals surface area contributed by atoms with Gasteiger partial charge in [-0.15, -0.1) is 0 Å². The van der Waals surface area contributed by atoms with Crippen LogP contribution < -0.4 is 9.62 Å². The number of anilines is 1. The first kappa shape index (κ1) is 19.0. The van der Waals surface area contributed by atoms with E-state index in [-0.39, 0.29) is 11.7 Å². The zero-order valence-electron chi connectivity index (χ0n) is 13.8. The zero-order valence-corrected chi connectivity index (χ0v) is 15.3. The van der Waals surface area contributed by atoms with Crippen LogP contribution in [0.4, 0.5) is 5.69 Å². The molecule has 0 unspecified atom stereocenters. The molecule has 1 heterocycles. The van der Waals surface area contributed by atoms with Crippen molar-refractivity contribution in [2.45, 2.75) is 25.7 Å². The van der Waals surface area contributed by atoms with Crippen LogP contribution in [0, 0.1) is 0 Å². The van der Waals surface area contributed by atoms with Gasteiger partial charge in [-0.3, -0.25) is 9.10 Å². The SMILES string of the molecule is COCCCCNC(=O)c1cc(N2CCCCS2(=O)=O)ccc1Cl. The topological polar surface area (TPSA) is 75.7 Å². The number of benzene rings is 1. The minimum atomic E-state index is -3.31. The Labute approximate surface area is 148 Å². The van der Waals surface area contributed by atoms with Crippen molar-refractivity contribution in [2.24, 2.45) is 0 Å². The monoisotopic (exact) mass is 374 g/mol. The molecule has 0 spiro atoms. The number of halogens is 1. The van der Waals surface area contributed by atoms with Gasteiger partial charge in [0.2, 0.25) is 10.0 Å². The lowest BCUT2D eigenvalue weighted by Crippen LogP contribution is -2.38. The number of amides is 1. The summed E-state index contributed by atoms with van der Waals surface area (Å²) in [4.78, 5) is 12.3. The summed E-state index contributed by atoms with van der Waals surface area (Å²) in [5.41, 5.74) is 0.783. The highest BCUT2D eigenvalue weighted by atomic mass is 35.5. The van der Waals surface area contributed by atoms with Crippen molar-refractivity contribution in [3.8, 4) is 0 Å². The number of unbranched alkanes of at least 4 members (excludes halogenated alkanes) is 1. The second kappa shape index (κ2) is 8.69. The van der Waals surface area contributed by atoms with E-state index in [1.165, 1.54) is 4.31 Å². The molecule has 1 fully saturated rings. The molecule has 0 aliphatic carbocycles. The molecule has 0 saturated carbocycles. The highest BCUT2D eigenvalue weighted by Crippen LogP contribution is 2.27. The molecule has 0 aromatic heterocycles. The van der Waals surface area contributed by atoms with Gasteiger partial charge in [0.05, 0.1) is 22.0 Å². The van der Waals surface area contributed by atoms with Crippen molar-refractivity contribution >= 4 is 33.2 Å². The van der Waals surface area contributed by atoms with Gasteiger partial charge in [-0.1, -0.05) is 11.6 Å². The molecule has 0 bridgehead atoms. The molecular weight excluding hydrogens is 352 g/mol. The molecule has 1 N–H and O–H groups in total. The molecule has 1 aliphatic heterocycles. The van der Waals surface area contributed by atoms with Crippen LogP contribution in [-0.4, -0.2) is 46.9 Å². The van der Waals surface area contributed by atoms with E-state index < -0.39 is 10.0 Å². The van der Waals surface area contributed by atoms with Crippen LogP contribution in [0.1, 0.15) is 36.0 Å². The van der Waals surface area contributed by atoms with E-state index in [2.05, 4.69) is 5.32 Å². The summed E-state index contributed by atoms with van der Waals surface area (Å²) in [5.74, 6) is -0.162. The molecule has 134 valence electrons. The van der Waals surface area contributed by atoms with E-state index >= 15 is 0 Å². The standard InChI is InChI=1S/C16H23ClN2O4S/c1-23-10-4-2-8-18-16(20)14-12-13(6-7-15(14)17)19-9-3-5-11-24(19,21)22/h6-7,12H,2-5,8-11H2,1H3,(H,18,20). The maximum Gasteiger partial charge on any atom is 0.252 e. The molecule has 6 nitrogen and oxygen atoms in total. The van der Waals surface area contributed by atoms with Crippen molar-refractivity contribution in [1.82, 2.24) is 5.32 Å². The summed E-state index contributed by atoms with van der Waals surface area (Å²) in [5, 5.41) is 3.11. The first-order valence-electron chi connectivity index (χ1n) is 8.03. The molecule has 8 heteroatoms. The molecule has 1 aromatic rings. The van der Waals surface area contributed by atoms with Gasteiger partial charge in [0.1, 0.15) is 0 Å². The molecule has 1 saturated heterocycles. The summed E-state index contributed by atoms with van der Waals surface area (Å²) >= 11 is 6.11. The molecule has 1 aliphatic rings. The lowest BCUT2D eigenvalue weighted by atomic mass is 10.1. The Kier molecular flexibility index (Phi) is 6.89. The van der Waals surface area contributed by atoms with Gasteiger partial charge in [-0.05, 0) is 43.9 Å². The van der Waals surface area contributed by atoms with Crippen molar-refractivity contribution in [3.05, 3.63) is 28.8 Å².